The number of carbonyl (C=O) groups excluding carboxylic acids is 2. The monoisotopic (exact) mass is 353 g/mol. The topological polar surface area (TPSA) is 80.3 Å². The van der Waals surface area contributed by atoms with Gasteiger partial charge in [-0.05, 0) is 41.8 Å². The van der Waals surface area contributed by atoms with Crippen LogP contribution in [0.1, 0.15) is 20.0 Å². The van der Waals surface area contributed by atoms with Crippen molar-refractivity contribution in [1.29, 1.82) is 0 Å². The number of pyridine rings is 1. The quantitative estimate of drug-likeness (QED) is 0.734. The van der Waals surface area contributed by atoms with Crippen molar-refractivity contribution in [3.8, 4) is 5.88 Å². The maximum absolute atomic E-state index is 12.4. The van der Waals surface area contributed by atoms with Gasteiger partial charge in [0.25, 0.3) is 11.8 Å². The summed E-state index contributed by atoms with van der Waals surface area (Å²) < 4.78 is 5.09. The van der Waals surface area contributed by atoms with Gasteiger partial charge in [0.2, 0.25) is 5.88 Å². The second kappa shape index (κ2) is 7.59. The van der Waals surface area contributed by atoms with E-state index in [1.54, 1.807) is 48.7 Å². The Balaban J connectivity index is 1.73. The second-order valence-electron chi connectivity index (χ2n) is 5.03. The first-order valence-corrected chi connectivity index (χ1v) is 8.30. The average Bonchev–Trinajstić information content (AvgIpc) is 3.17. The Hall–Kier alpha value is -3.19. The number of amides is 2. The third-order valence-electron chi connectivity index (χ3n) is 3.33. The fraction of sp³-hybridized carbons (Fsp3) is 0.0556. The number of rotatable bonds is 5. The van der Waals surface area contributed by atoms with Crippen LogP contribution in [0.3, 0.4) is 0 Å². The van der Waals surface area contributed by atoms with E-state index in [-0.39, 0.29) is 17.7 Å². The van der Waals surface area contributed by atoms with E-state index in [2.05, 4.69) is 15.6 Å². The van der Waals surface area contributed by atoms with Gasteiger partial charge in [-0.1, -0.05) is 12.1 Å². The number of thiophene rings is 1. The van der Waals surface area contributed by atoms with E-state index in [9.17, 15) is 9.59 Å². The highest BCUT2D eigenvalue weighted by atomic mass is 32.1. The number of nitrogens with one attached hydrogen (secondary N) is 2. The van der Waals surface area contributed by atoms with E-state index < -0.39 is 0 Å². The molecule has 0 bridgehead atoms. The summed E-state index contributed by atoms with van der Waals surface area (Å²) in [5.74, 6) is -0.277. The molecule has 0 fully saturated rings. The Bertz CT molecular complexity index is 894. The molecule has 0 aliphatic carbocycles. The van der Waals surface area contributed by atoms with Gasteiger partial charge in [-0.15, -0.1) is 11.3 Å². The Labute approximate surface area is 148 Å². The minimum atomic E-state index is -0.341. The van der Waals surface area contributed by atoms with E-state index in [0.29, 0.717) is 21.8 Å². The zero-order valence-corrected chi connectivity index (χ0v) is 14.2. The highest BCUT2D eigenvalue weighted by Gasteiger charge is 2.13. The van der Waals surface area contributed by atoms with E-state index in [1.807, 2.05) is 11.4 Å². The first-order valence-electron chi connectivity index (χ1n) is 7.42. The maximum Gasteiger partial charge on any atom is 0.265 e. The van der Waals surface area contributed by atoms with Crippen LogP contribution in [0.25, 0.3) is 0 Å². The van der Waals surface area contributed by atoms with Crippen molar-refractivity contribution in [3.63, 3.8) is 0 Å². The first kappa shape index (κ1) is 16.7. The fourth-order valence-corrected chi connectivity index (χ4v) is 2.82. The molecule has 7 heteroatoms. The molecule has 2 amide bonds. The Kier molecular flexibility index (Phi) is 5.06. The van der Waals surface area contributed by atoms with E-state index >= 15 is 0 Å². The number of anilines is 2. The van der Waals surface area contributed by atoms with Crippen LogP contribution in [0, 0.1) is 0 Å². The fourth-order valence-electron chi connectivity index (χ4n) is 2.20. The average molecular weight is 353 g/mol. The SMILES string of the molecule is COc1ncccc1C(=O)Nc1cccc(NC(=O)c2cccs2)c1. The second-order valence-corrected chi connectivity index (χ2v) is 5.97. The van der Waals surface area contributed by atoms with Gasteiger partial charge in [0.15, 0.2) is 0 Å². The smallest absolute Gasteiger partial charge is 0.265 e. The van der Waals surface area contributed by atoms with Crippen molar-refractivity contribution in [3.05, 3.63) is 70.5 Å². The van der Waals surface area contributed by atoms with Crippen LogP contribution in [-0.2, 0) is 0 Å². The standard InChI is InChI=1S/C18H15N3O3S/c1-24-18-14(7-3-9-19-18)16(22)20-12-5-2-6-13(11-12)21-17(23)15-8-4-10-25-15/h2-11H,1H3,(H,20,22)(H,21,23). The van der Waals surface area contributed by atoms with Crippen LogP contribution in [0.5, 0.6) is 5.88 Å². The van der Waals surface area contributed by atoms with Crippen LogP contribution in [-0.4, -0.2) is 23.9 Å². The van der Waals surface area contributed by atoms with Crippen molar-refractivity contribution in [1.82, 2.24) is 4.98 Å². The van der Waals surface area contributed by atoms with Gasteiger partial charge < -0.3 is 15.4 Å². The Morgan fingerprint density at radius 2 is 1.76 bits per heavy atom. The highest BCUT2D eigenvalue weighted by Crippen LogP contribution is 2.20. The van der Waals surface area contributed by atoms with Gasteiger partial charge in [-0.3, -0.25) is 9.59 Å². The molecule has 2 N–H and O–H groups in total. The zero-order valence-electron chi connectivity index (χ0n) is 13.4. The summed E-state index contributed by atoms with van der Waals surface area (Å²) in [5, 5.41) is 7.42. The largest absolute Gasteiger partial charge is 0.480 e. The van der Waals surface area contributed by atoms with Crippen LogP contribution in [0.2, 0.25) is 0 Å². The van der Waals surface area contributed by atoms with Crippen molar-refractivity contribution >= 4 is 34.5 Å². The molecule has 0 unspecified atom stereocenters. The number of aromatic nitrogens is 1. The number of hydrogen-bond donors (Lipinski definition) is 2. The van der Waals surface area contributed by atoms with Gasteiger partial charge in [0, 0.05) is 17.6 Å². The van der Waals surface area contributed by atoms with Crippen LogP contribution < -0.4 is 15.4 Å². The van der Waals surface area contributed by atoms with Gasteiger partial charge >= 0.3 is 0 Å². The Morgan fingerprint density at radius 3 is 2.44 bits per heavy atom. The highest BCUT2D eigenvalue weighted by molar-refractivity contribution is 7.12. The summed E-state index contributed by atoms with van der Waals surface area (Å²) in [4.78, 5) is 29.1. The Morgan fingerprint density at radius 1 is 1.00 bits per heavy atom. The molecule has 3 aromatic rings. The summed E-state index contributed by atoms with van der Waals surface area (Å²) in [5.41, 5.74) is 1.48. The predicted octanol–water partition coefficient (Wildman–Crippen LogP) is 3.66. The molecule has 3 rings (SSSR count). The summed E-state index contributed by atoms with van der Waals surface area (Å²) in [6, 6.07) is 13.8. The molecule has 0 radical (unpaired) electrons. The summed E-state index contributed by atoms with van der Waals surface area (Å²) >= 11 is 1.36. The maximum atomic E-state index is 12.4. The van der Waals surface area contributed by atoms with Crippen molar-refractivity contribution in [2.45, 2.75) is 0 Å². The lowest BCUT2D eigenvalue weighted by Crippen LogP contribution is -2.14. The summed E-state index contributed by atoms with van der Waals surface area (Å²) in [7, 11) is 1.46. The van der Waals surface area contributed by atoms with Crippen LogP contribution in [0.4, 0.5) is 11.4 Å². The molecule has 0 aliphatic rings. The lowest BCUT2D eigenvalue weighted by molar-refractivity contribution is 0.101. The summed E-state index contributed by atoms with van der Waals surface area (Å²) in [6.45, 7) is 0. The molecular formula is C18H15N3O3S. The third-order valence-corrected chi connectivity index (χ3v) is 4.20. The molecule has 1 aromatic carbocycles. The lowest BCUT2D eigenvalue weighted by atomic mass is 10.2. The van der Waals surface area contributed by atoms with Gasteiger partial charge in [0.05, 0.1) is 12.0 Å². The van der Waals surface area contributed by atoms with Gasteiger partial charge in [0.1, 0.15) is 5.56 Å². The molecular weight excluding hydrogens is 338 g/mol. The minimum absolute atomic E-state index is 0.188. The van der Waals surface area contributed by atoms with Gasteiger partial charge in [-0.25, -0.2) is 4.98 Å². The van der Waals surface area contributed by atoms with E-state index in [0.717, 1.165) is 0 Å². The normalized spacial score (nSPS) is 10.1. The molecule has 0 atom stereocenters. The molecule has 2 aromatic heterocycles. The summed E-state index contributed by atoms with van der Waals surface area (Å²) in [6.07, 6.45) is 1.55. The number of benzene rings is 1. The zero-order chi connectivity index (χ0) is 17.6. The van der Waals surface area contributed by atoms with E-state index in [4.69, 9.17) is 4.74 Å². The van der Waals surface area contributed by atoms with Gasteiger partial charge in [-0.2, -0.15) is 0 Å². The number of nitrogens with zero attached hydrogens (tertiary/aromatic N) is 1. The van der Waals surface area contributed by atoms with Crippen molar-refractivity contribution < 1.29 is 14.3 Å². The molecule has 2 heterocycles. The first-order chi connectivity index (χ1) is 12.2. The molecule has 0 aliphatic heterocycles. The van der Waals surface area contributed by atoms with Crippen molar-refractivity contribution in [2.75, 3.05) is 17.7 Å². The number of ether oxygens (including phenoxy) is 1. The van der Waals surface area contributed by atoms with E-state index in [1.165, 1.54) is 18.4 Å². The predicted molar refractivity (Wildman–Crippen MR) is 97.5 cm³/mol. The number of hydrogen-bond acceptors (Lipinski definition) is 5. The van der Waals surface area contributed by atoms with Crippen molar-refractivity contribution in [2.24, 2.45) is 0 Å². The molecule has 126 valence electrons. The minimum Gasteiger partial charge on any atom is -0.480 e. The molecule has 0 spiro atoms. The molecule has 0 saturated carbocycles. The molecule has 6 nitrogen and oxygen atoms in total. The number of methoxy groups -OCH3 is 1. The molecule has 25 heavy (non-hydrogen) atoms. The third kappa shape index (κ3) is 4.02. The molecule has 0 saturated heterocycles. The van der Waals surface area contributed by atoms with Crippen LogP contribution >= 0.6 is 11.3 Å². The lowest BCUT2D eigenvalue weighted by Gasteiger charge is -2.10. The number of carbonyl (C=O) groups is 2. The van der Waals surface area contributed by atoms with Crippen LogP contribution in [0.15, 0.2) is 60.1 Å².